The first-order valence-electron chi connectivity index (χ1n) is 8.92. The number of likely N-dealkylation sites (tertiary alicyclic amines) is 1. The molecule has 1 saturated carbocycles. The lowest BCUT2D eigenvalue weighted by Crippen LogP contribution is -2.59. The summed E-state index contributed by atoms with van der Waals surface area (Å²) in [5.41, 5.74) is -1.73. The van der Waals surface area contributed by atoms with Crippen LogP contribution < -0.4 is 0 Å². The Labute approximate surface area is 165 Å². The maximum absolute atomic E-state index is 13.0. The van der Waals surface area contributed by atoms with Gasteiger partial charge < -0.3 is 19.8 Å². The monoisotopic (exact) mass is 407 g/mol. The van der Waals surface area contributed by atoms with Crippen LogP contribution in [0.15, 0.2) is 35.0 Å². The molecule has 0 atom stereocenters. The number of hydrogen-bond acceptors (Lipinski definition) is 6. The molecule has 0 aromatic carbocycles. The average molecular weight is 408 g/mol. The molecular formula is C19H21NO5S2. The minimum absolute atomic E-state index is 0.0408. The van der Waals surface area contributed by atoms with Crippen molar-refractivity contribution in [1.82, 2.24) is 4.90 Å². The van der Waals surface area contributed by atoms with Crippen molar-refractivity contribution in [2.75, 3.05) is 13.1 Å². The molecular weight excluding hydrogens is 386 g/mol. The predicted molar refractivity (Wildman–Crippen MR) is 102 cm³/mol. The number of esters is 1. The van der Waals surface area contributed by atoms with Gasteiger partial charge in [-0.1, -0.05) is 12.1 Å². The van der Waals surface area contributed by atoms with Crippen molar-refractivity contribution in [3.05, 3.63) is 44.8 Å². The largest absolute Gasteiger partial charge is 0.465 e. The molecule has 1 aliphatic heterocycles. The molecule has 0 radical (unpaired) electrons. The van der Waals surface area contributed by atoms with Crippen LogP contribution in [0.3, 0.4) is 0 Å². The van der Waals surface area contributed by atoms with Gasteiger partial charge in [0.05, 0.1) is 9.75 Å². The Morgan fingerprint density at radius 3 is 2.11 bits per heavy atom. The Kier molecular flexibility index (Phi) is 4.73. The van der Waals surface area contributed by atoms with Gasteiger partial charge in [0.2, 0.25) is 5.60 Å². The standard InChI is InChI=1S/C19H21NO5S2/c21-16(19(24,14-3-1-9-26-14)15-4-2-10-27-15)25-13-5-7-18(8-6-13)11-20(12-18)17(22)23/h1-4,9-10,13,24H,5-8,11-12H2,(H,22,23). The lowest BCUT2D eigenvalue weighted by atomic mass is 9.68. The fourth-order valence-corrected chi connectivity index (χ4v) is 5.78. The molecule has 3 heterocycles. The Bertz CT molecular complexity index is 767. The van der Waals surface area contributed by atoms with Crippen LogP contribution in [-0.4, -0.2) is 46.4 Å². The fourth-order valence-electron chi connectivity index (χ4n) is 4.06. The molecule has 1 saturated heterocycles. The van der Waals surface area contributed by atoms with Crippen molar-refractivity contribution in [3.8, 4) is 0 Å². The molecule has 8 heteroatoms. The molecule has 1 aliphatic carbocycles. The highest BCUT2D eigenvalue weighted by Crippen LogP contribution is 2.45. The van der Waals surface area contributed by atoms with Crippen LogP contribution in [0, 0.1) is 5.41 Å². The highest BCUT2D eigenvalue weighted by molar-refractivity contribution is 7.12. The van der Waals surface area contributed by atoms with Crippen molar-refractivity contribution in [2.24, 2.45) is 5.41 Å². The van der Waals surface area contributed by atoms with E-state index in [-0.39, 0.29) is 11.5 Å². The molecule has 0 bridgehead atoms. The van der Waals surface area contributed by atoms with Gasteiger partial charge in [0, 0.05) is 18.5 Å². The van der Waals surface area contributed by atoms with Crippen LogP contribution >= 0.6 is 22.7 Å². The third-order valence-corrected chi connectivity index (χ3v) is 7.60. The molecule has 2 N–H and O–H groups in total. The summed E-state index contributed by atoms with van der Waals surface area (Å²) in [5, 5.41) is 23.9. The molecule has 1 amide bonds. The first-order valence-corrected chi connectivity index (χ1v) is 10.7. The number of rotatable bonds is 4. The number of carbonyl (C=O) groups excluding carboxylic acids is 1. The minimum Gasteiger partial charge on any atom is -0.465 e. The normalized spacial score (nSPS) is 19.7. The molecule has 27 heavy (non-hydrogen) atoms. The van der Waals surface area contributed by atoms with Crippen molar-refractivity contribution in [3.63, 3.8) is 0 Å². The number of ether oxygens (including phenoxy) is 1. The molecule has 2 aliphatic rings. The maximum Gasteiger partial charge on any atom is 0.407 e. The smallest absolute Gasteiger partial charge is 0.407 e. The zero-order valence-electron chi connectivity index (χ0n) is 14.7. The van der Waals surface area contributed by atoms with Crippen LogP contribution in [0.25, 0.3) is 0 Å². The lowest BCUT2D eigenvalue weighted by molar-refractivity contribution is -0.171. The van der Waals surface area contributed by atoms with Crippen LogP contribution in [0.2, 0.25) is 0 Å². The Morgan fingerprint density at radius 1 is 1.11 bits per heavy atom. The van der Waals surface area contributed by atoms with E-state index < -0.39 is 17.7 Å². The number of carbonyl (C=O) groups is 2. The number of nitrogens with zero attached hydrogens (tertiary/aromatic N) is 1. The fraction of sp³-hybridized carbons (Fsp3) is 0.474. The van der Waals surface area contributed by atoms with E-state index in [1.165, 1.54) is 27.6 Å². The Hall–Kier alpha value is -1.90. The minimum atomic E-state index is -1.77. The Balaban J connectivity index is 1.42. The summed E-state index contributed by atoms with van der Waals surface area (Å²) in [6.45, 7) is 1.13. The van der Waals surface area contributed by atoms with Gasteiger partial charge in [0.1, 0.15) is 6.10 Å². The van der Waals surface area contributed by atoms with Crippen molar-refractivity contribution >= 4 is 34.7 Å². The third kappa shape index (κ3) is 3.26. The topological polar surface area (TPSA) is 87.1 Å². The van der Waals surface area contributed by atoms with Gasteiger partial charge in [-0.05, 0) is 48.6 Å². The first kappa shape index (κ1) is 18.5. The van der Waals surface area contributed by atoms with Gasteiger partial charge in [-0.2, -0.15) is 0 Å². The Morgan fingerprint density at radius 2 is 1.67 bits per heavy atom. The molecule has 2 fully saturated rings. The molecule has 0 unspecified atom stereocenters. The number of hydrogen-bond donors (Lipinski definition) is 2. The molecule has 2 aromatic heterocycles. The third-order valence-electron chi connectivity index (χ3n) is 5.64. The van der Waals surface area contributed by atoms with E-state index in [1.54, 1.807) is 24.3 Å². The van der Waals surface area contributed by atoms with Crippen molar-refractivity contribution in [2.45, 2.75) is 37.4 Å². The molecule has 6 nitrogen and oxygen atoms in total. The highest BCUT2D eigenvalue weighted by Gasteiger charge is 2.49. The number of amides is 1. The second-order valence-corrected chi connectivity index (χ2v) is 9.30. The quantitative estimate of drug-likeness (QED) is 0.758. The van der Waals surface area contributed by atoms with Gasteiger partial charge in [-0.3, -0.25) is 0 Å². The van der Waals surface area contributed by atoms with E-state index in [0.29, 0.717) is 35.7 Å². The summed E-state index contributed by atoms with van der Waals surface area (Å²) in [6.07, 6.45) is 1.96. The predicted octanol–water partition coefficient (Wildman–Crippen LogP) is 3.51. The molecule has 4 rings (SSSR count). The summed E-state index contributed by atoms with van der Waals surface area (Å²) in [4.78, 5) is 26.5. The van der Waals surface area contributed by atoms with Gasteiger partial charge in [0.15, 0.2) is 0 Å². The molecule has 1 spiro atoms. The second kappa shape index (κ2) is 6.92. The van der Waals surface area contributed by atoms with Crippen molar-refractivity contribution in [1.29, 1.82) is 0 Å². The first-order chi connectivity index (χ1) is 12.9. The van der Waals surface area contributed by atoms with E-state index in [2.05, 4.69) is 0 Å². The van der Waals surface area contributed by atoms with Crippen molar-refractivity contribution < 1.29 is 24.5 Å². The molecule has 144 valence electrons. The zero-order chi connectivity index (χ0) is 19.1. The van der Waals surface area contributed by atoms with E-state index in [9.17, 15) is 14.7 Å². The highest BCUT2D eigenvalue weighted by atomic mass is 32.1. The van der Waals surface area contributed by atoms with Gasteiger partial charge >= 0.3 is 12.1 Å². The summed E-state index contributed by atoms with van der Waals surface area (Å²) < 4.78 is 5.73. The maximum atomic E-state index is 13.0. The SMILES string of the molecule is O=C(O)N1CC2(CCC(OC(=O)C(O)(c3cccs3)c3cccs3)CC2)C1. The van der Waals surface area contributed by atoms with Crippen LogP contribution in [0.5, 0.6) is 0 Å². The summed E-state index contributed by atoms with van der Waals surface area (Å²) in [5.74, 6) is -0.630. The van der Waals surface area contributed by atoms with E-state index in [1.807, 2.05) is 10.8 Å². The van der Waals surface area contributed by atoms with Gasteiger partial charge in [0.25, 0.3) is 0 Å². The summed E-state index contributed by atoms with van der Waals surface area (Å²) >= 11 is 2.66. The van der Waals surface area contributed by atoms with Crippen LogP contribution in [0.4, 0.5) is 4.79 Å². The summed E-state index contributed by atoms with van der Waals surface area (Å²) in [7, 11) is 0. The number of thiophene rings is 2. The van der Waals surface area contributed by atoms with Gasteiger partial charge in [-0.15, -0.1) is 22.7 Å². The van der Waals surface area contributed by atoms with E-state index in [4.69, 9.17) is 9.84 Å². The number of carboxylic acid groups (broad SMARTS) is 1. The zero-order valence-corrected chi connectivity index (χ0v) is 16.3. The lowest BCUT2D eigenvalue weighted by Gasteiger charge is -2.52. The summed E-state index contributed by atoms with van der Waals surface area (Å²) in [6, 6.07) is 7.11. The van der Waals surface area contributed by atoms with E-state index in [0.717, 1.165) is 12.8 Å². The van der Waals surface area contributed by atoms with Gasteiger partial charge in [-0.25, -0.2) is 9.59 Å². The van der Waals surface area contributed by atoms with Crippen LogP contribution in [-0.2, 0) is 15.1 Å². The number of aliphatic hydroxyl groups is 1. The van der Waals surface area contributed by atoms with E-state index >= 15 is 0 Å². The second-order valence-electron chi connectivity index (χ2n) is 7.41. The average Bonchev–Trinajstić information content (AvgIpc) is 3.33. The molecule has 2 aromatic rings. The van der Waals surface area contributed by atoms with Crippen LogP contribution in [0.1, 0.15) is 35.4 Å².